The number of aromatic nitrogens is 2. The van der Waals surface area contributed by atoms with Crippen LogP contribution in [0.2, 0.25) is 0 Å². The van der Waals surface area contributed by atoms with Gasteiger partial charge in [0, 0.05) is 25.6 Å². The molecule has 1 heterocycles. The van der Waals surface area contributed by atoms with Crippen molar-refractivity contribution in [3.63, 3.8) is 0 Å². The Morgan fingerprint density at radius 2 is 2.21 bits per heavy atom. The van der Waals surface area contributed by atoms with Gasteiger partial charge in [0.1, 0.15) is 10.4 Å². The number of imidazole rings is 1. The van der Waals surface area contributed by atoms with E-state index in [1.807, 2.05) is 11.6 Å². The average molecular weight is 329 g/mol. The first-order chi connectivity index (χ1) is 9.08. The van der Waals surface area contributed by atoms with Gasteiger partial charge >= 0.3 is 0 Å². The number of hydrogen-bond acceptors (Lipinski definition) is 3. The normalized spacial score (nSPS) is 10.8. The van der Waals surface area contributed by atoms with Gasteiger partial charge in [0.2, 0.25) is 0 Å². The Kier molecular flexibility index (Phi) is 4.21. The topological polar surface area (TPSA) is 47.3 Å². The van der Waals surface area contributed by atoms with Gasteiger partial charge in [-0.05, 0) is 34.1 Å². The third-order valence-corrected chi connectivity index (χ3v) is 3.84. The molecule has 0 spiro atoms. The standard InChI is InChI=1S/C13H14BrFN2O2/c1-17-12(14)10(5-6-18)16-13(17)8-3-4-11(19-2)9(15)7-8/h3-4,7,18H,5-6H2,1-2H3. The van der Waals surface area contributed by atoms with Gasteiger partial charge in [0.25, 0.3) is 0 Å². The van der Waals surface area contributed by atoms with Crippen LogP contribution in [0.1, 0.15) is 5.69 Å². The second kappa shape index (κ2) is 5.71. The van der Waals surface area contributed by atoms with Gasteiger partial charge in [-0.25, -0.2) is 9.37 Å². The molecule has 0 fully saturated rings. The molecule has 6 heteroatoms. The molecule has 2 rings (SSSR count). The van der Waals surface area contributed by atoms with Gasteiger partial charge in [-0.1, -0.05) is 0 Å². The molecule has 0 atom stereocenters. The monoisotopic (exact) mass is 328 g/mol. The molecule has 4 nitrogen and oxygen atoms in total. The van der Waals surface area contributed by atoms with Crippen LogP contribution in [0.4, 0.5) is 4.39 Å². The van der Waals surface area contributed by atoms with Gasteiger partial charge in [-0.3, -0.25) is 0 Å². The molecule has 1 N–H and O–H groups in total. The van der Waals surface area contributed by atoms with E-state index in [9.17, 15) is 4.39 Å². The Bertz CT molecular complexity index is 599. The van der Waals surface area contributed by atoms with Crippen molar-refractivity contribution in [2.45, 2.75) is 6.42 Å². The molecule has 0 aliphatic carbocycles. The molecular formula is C13H14BrFN2O2. The number of hydrogen-bond donors (Lipinski definition) is 1. The molecule has 19 heavy (non-hydrogen) atoms. The summed E-state index contributed by atoms with van der Waals surface area (Å²) in [6.45, 7) is 0.0199. The molecule has 0 saturated heterocycles. The van der Waals surface area contributed by atoms with E-state index < -0.39 is 5.82 Å². The predicted molar refractivity (Wildman–Crippen MR) is 73.6 cm³/mol. The SMILES string of the molecule is COc1ccc(-c2nc(CCO)c(Br)n2C)cc1F. The number of rotatable bonds is 4. The zero-order valence-corrected chi connectivity index (χ0v) is 12.2. The molecule has 102 valence electrons. The molecule has 2 aromatic rings. The van der Waals surface area contributed by atoms with Crippen LogP contribution < -0.4 is 4.74 Å². The highest BCUT2D eigenvalue weighted by Crippen LogP contribution is 2.28. The lowest BCUT2D eigenvalue weighted by atomic mass is 10.2. The van der Waals surface area contributed by atoms with Crippen LogP contribution in [0.3, 0.4) is 0 Å². The van der Waals surface area contributed by atoms with E-state index in [1.165, 1.54) is 13.2 Å². The van der Waals surface area contributed by atoms with Crippen LogP contribution >= 0.6 is 15.9 Å². The van der Waals surface area contributed by atoms with Crippen molar-refractivity contribution >= 4 is 15.9 Å². The molecule has 1 aromatic carbocycles. The lowest BCUT2D eigenvalue weighted by Crippen LogP contribution is -1.94. The van der Waals surface area contributed by atoms with E-state index in [4.69, 9.17) is 9.84 Å². The highest BCUT2D eigenvalue weighted by atomic mass is 79.9. The quantitative estimate of drug-likeness (QED) is 0.938. The van der Waals surface area contributed by atoms with Crippen molar-refractivity contribution in [2.24, 2.45) is 7.05 Å². The number of nitrogens with zero attached hydrogens (tertiary/aromatic N) is 2. The summed E-state index contributed by atoms with van der Waals surface area (Å²) in [4.78, 5) is 4.41. The van der Waals surface area contributed by atoms with Crippen molar-refractivity contribution in [3.8, 4) is 17.1 Å². The number of benzene rings is 1. The number of ether oxygens (including phenoxy) is 1. The second-order valence-corrected chi connectivity index (χ2v) is 4.81. The summed E-state index contributed by atoms with van der Waals surface area (Å²) < 4.78 is 21.2. The lowest BCUT2D eigenvalue weighted by molar-refractivity contribution is 0.298. The largest absolute Gasteiger partial charge is 0.494 e. The van der Waals surface area contributed by atoms with Crippen molar-refractivity contribution in [2.75, 3.05) is 13.7 Å². The molecule has 0 radical (unpaired) electrons. The number of aliphatic hydroxyl groups is 1. The van der Waals surface area contributed by atoms with E-state index in [2.05, 4.69) is 20.9 Å². The summed E-state index contributed by atoms with van der Waals surface area (Å²) in [6.07, 6.45) is 0.451. The zero-order chi connectivity index (χ0) is 14.0. The van der Waals surface area contributed by atoms with Crippen molar-refractivity contribution < 1.29 is 14.2 Å². The summed E-state index contributed by atoms with van der Waals surface area (Å²) in [6, 6.07) is 4.70. The average Bonchev–Trinajstić information content (AvgIpc) is 2.67. The van der Waals surface area contributed by atoms with Crippen LogP contribution in [0, 0.1) is 5.82 Å². The molecule has 1 aromatic heterocycles. The van der Waals surface area contributed by atoms with Crippen LogP contribution in [0.5, 0.6) is 5.75 Å². The summed E-state index contributed by atoms with van der Waals surface area (Å²) in [7, 11) is 3.25. The summed E-state index contributed by atoms with van der Waals surface area (Å²) in [5.41, 5.74) is 1.40. The van der Waals surface area contributed by atoms with E-state index in [1.54, 1.807) is 12.1 Å². The fourth-order valence-electron chi connectivity index (χ4n) is 1.86. The van der Waals surface area contributed by atoms with Crippen LogP contribution in [0.15, 0.2) is 22.8 Å². The van der Waals surface area contributed by atoms with Gasteiger partial charge < -0.3 is 14.4 Å². The van der Waals surface area contributed by atoms with E-state index >= 15 is 0 Å². The van der Waals surface area contributed by atoms with Crippen LogP contribution in [0.25, 0.3) is 11.4 Å². The maximum atomic E-state index is 13.7. The third kappa shape index (κ3) is 2.64. The Morgan fingerprint density at radius 1 is 1.47 bits per heavy atom. The van der Waals surface area contributed by atoms with Gasteiger partial charge in [0.15, 0.2) is 11.6 Å². The van der Waals surface area contributed by atoms with Crippen molar-refractivity contribution in [1.82, 2.24) is 9.55 Å². The molecule has 0 aliphatic heterocycles. The first-order valence-corrected chi connectivity index (χ1v) is 6.53. The minimum Gasteiger partial charge on any atom is -0.494 e. The molecule has 0 bridgehead atoms. The maximum Gasteiger partial charge on any atom is 0.165 e. The smallest absolute Gasteiger partial charge is 0.165 e. The van der Waals surface area contributed by atoms with Gasteiger partial charge in [-0.2, -0.15) is 0 Å². The molecule has 0 saturated carbocycles. The fraction of sp³-hybridized carbons (Fsp3) is 0.308. The second-order valence-electron chi connectivity index (χ2n) is 4.05. The number of halogens is 2. The van der Waals surface area contributed by atoms with Gasteiger partial charge in [0.05, 0.1) is 12.8 Å². The van der Waals surface area contributed by atoms with E-state index in [0.717, 1.165) is 10.3 Å². The Labute approximate surface area is 119 Å². The summed E-state index contributed by atoms with van der Waals surface area (Å²) >= 11 is 3.42. The molecule has 0 aliphatic rings. The highest BCUT2D eigenvalue weighted by Gasteiger charge is 2.15. The first kappa shape index (κ1) is 14.0. The number of aliphatic hydroxyl groups excluding tert-OH is 1. The Balaban J connectivity index is 2.47. The summed E-state index contributed by atoms with van der Waals surface area (Å²) in [5, 5.41) is 8.98. The lowest BCUT2D eigenvalue weighted by Gasteiger charge is -2.05. The molecular weight excluding hydrogens is 315 g/mol. The van der Waals surface area contributed by atoms with Crippen molar-refractivity contribution in [1.29, 1.82) is 0 Å². The van der Waals surface area contributed by atoms with Crippen LogP contribution in [-0.4, -0.2) is 28.4 Å². The van der Waals surface area contributed by atoms with Gasteiger partial charge in [-0.15, -0.1) is 0 Å². The molecule has 0 amide bonds. The van der Waals surface area contributed by atoms with E-state index in [0.29, 0.717) is 17.8 Å². The minimum atomic E-state index is -0.428. The van der Waals surface area contributed by atoms with E-state index in [-0.39, 0.29) is 12.4 Å². The maximum absolute atomic E-state index is 13.7. The number of methoxy groups -OCH3 is 1. The predicted octanol–water partition coefficient (Wildman–Crippen LogP) is 2.53. The highest BCUT2D eigenvalue weighted by molar-refractivity contribution is 9.10. The fourth-order valence-corrected chi connectivity index (χ4v) is 2.32. The molecule has 0 unspecified atom stereocenters. The Morgan fingerprint density at radius 3 is 2.79 bits per heavy atom. The zero-order valence-electron chi connectivity index (χ0n) is 10.7. The third-order valence-electron chi connectivity index (χ3n) is 2.85. The minimum absolute atomic E-state index is 0.0199. The first-order valence-electron chi connectivity index (χ1n) is 5.74. The summed E-state index contributed by atoms with van der Waals surface area (Å²) in [5.74, 6) is 0.410. The van der Waals surface area contributed by atoms with Crippen LogP contribution in [-0.2, 0) is 13.5 Å². The Hall–Kier alpha value is -1.40. The van der Waals surface area contributed by atoms with Crippen molar-refractivity contribution in [3.05, 3.63) is 34.3 Å².